The van der Waals surface area contributed by atoms with Crippen LogP contribution in [-0.2, 0) is 4.79 Å². The molecule has 3 aliphatic rings. The first-order valence-corrected chi connectivity index (χ1v) is 8.58. The largest absolute Gasteiger partial charge is 0.480 e. The van der Waals surface area contributed by atoms with Crippen LogP contribution in [0.25, 0.3) is 0 Å². The van der Waals surface area contributed by atoms with Crippen LogP contribution in [0.3, 0.4) is 0 Å². The number of carbonyl (C=O) groups is 2. The average Bonchev–Trinajstić information content (AvgIpc) is 3.16. The standard InChI is InChI=1S/C14H22N2O4S/c1-14(20)4-6-15(7-5-14)13(19)16-10(12(17)18)8-21-11(16)9-2-3-9/h9-11,20H,2-8H2,1H3,(H,17,18). The van der Waals surface area contributed by atoms with E-state index < -0.39 is 17.6 Å². The van der Waals surface area contributed by atoms with Crippen molar-refractivity contribution in [2.24, 2.45) is 5.92 Å². The molecule has 1 aliphatic carbocycles. The molecule has 0 bridgehead atoms. The number of rotatable bonds is 2. The van der Waals surface area contributed by atoms with Gasteiger partial charge in [-0.3, -0.25) is 4.90 Å². The number of carbonyl (C=O) groups excluding carboxylic acids is 1. The van der Waals surface area contributed by atoms with Crippen LogP contribution in [0.1, 0.15) is 32.6 Å². The predicted molar refractivity (Wildman–Crippen MR) is 79.1 cm³/mol. The number of urea groups is 1. The Hall–Kier alpha value is -0.950. The fourth-order valence-electron chi connectivity index (χ4n) is 3.05. The van der Waals surface area contributed by atoms with Gasteiger partial charge in [-0.15, -0.1) is 11.8 Å². The molecule has 3 rings (SSSR count). The molecular weight excluding hydrogens is 292 g/mol. The highest BCUT2D eigenvalue weighted by Crippen LogP contribution is 2.46. The van der Waals surface area contributed by atoms with Gasteiger partial charge in [-0.1, -0.05) is 0 Å². The smallest absolute Gasteiger partial charge is 0.327 e. The van der Waals surface area contributed by atoms with Gasteiger partial charge >= 0.3 is 12.0 Å². The highest BCUT2D eigenvalue weighted by atomic mass is 32.2. The van der Waals surface area contributed by atoms with Crippen molar-refractivity contribution in [3.63, 3.8) is 0 Å². The molecule has 118 valence electrons. The number of nitrogens with zero attached hydrogens (tertiary/aromatic N) is 2. The van der Waals surface area contributed by atoms with E-state index in [0.29, 0.717) is 37.6 Å². The van der Waals surface area contributed by atoms with E-state index in [1.165, 1.54) is 0 Å². The first-order chi connectivity index (χ1) is 9.89. The topological polar surface area (TPSA) is 81.1 Å². The lowest BCUT2D eigenvalue weighted by Gasteiger charge is -2.39. The zero-order chi connectivity index (χ0) is 15.2. The Labute approximate surface area is 128 Å². The Kier molecular flexibility index (Phi) is 3.81. The Bertz CT molecular complexity index is 442. The van der Waals surface area contributed by atoms with Crippen LogP contribution in [0.4, 0.5) is 4.79 Å². The van der Waals surface area contributed by atoms with E-state index in [-0.39, 0.29) is 11.4 Å². The molecular formula is C14H22N2O4S. The Morgan fingerprint density at radius 3 is 2.38 bits per heavy atom. The number of aliphatic hydroxyl groups is 1. The third-order valence-corrected chi connectivity index (χ3v) is 6.14. The number of likely N-dealkylation sites (tertiary alicyclic amines) is 1. The lowest BCUT2D eigenvalue weighted by atomic mass is 9.94. The van der Waals surface area contributed by atoms with Gasteiger partial charge in [0.2, 0.25) is 0 Å². The number of aliphatic carboxylic acids is 1. The minimum absolute atomic E-state index is 0.0148. The molecule has 1 saturated carbocycles. The van der Waals surface area contributed by atoms with Crippen LogP contribution in [0.5, 0.6) is 0 Å². The third-order valence-electron chi connectivity index (χ3n) is 4.68. The van der Waals surface area contributed by atoms with Crippen molar-refractivity contribution in [2.75, 3.05) is 18.8 Å². The molecule has 0 aromatic rings. The summed E-state index contributed by atoms with van der Waals surface area (Å²) < 4.78 is 0. The molecule has 2 atom stereocenters. The first kappa shape index (κ1) is 15.0. The van der Waals surface area contributed by atoms with Crippen molar-refractivity contribution in [1.29, 1.82) is 0 Å². The van der Waals surface area contributed by atoms with Gasteiger partial charge in [-0.25, -0.2) is 9.59 Å². The summed E-state index contributed by atoms with van der Waals surface area (Å²) in [7, 11) is 0. The van der Waals surface area contributed by atoms with E-state index in [4.69, 9.17) is 0 Å². The first-order valence-electron chi connectivity index (χ1n) is 7.53. The summed E-state index contributed by atoms with van der Waals surface area (Å²) in [6, 6.07) is -0.879. The number of thioether (sulfide) groups is 1. The third kappa shape index (κ3) is 2.99. The van der Waals surface area contributed by atoms with E-state index in [2.05, 4.69) is 0 Å². The van der Waals surface area contributed by atoms with E-state index >= 15 is 0 Å². The van der Waals surface area contributed by atoms with Crippen molar-refractivity contribution in [2.45, 2.75) is 49.6 Å². The number of hydrogen-bond acceptors (Lipinski definition) is 4. The molecule has 7 heteroatoms. The second-order valence-corrected chi connectivity index (χ2v) is 7.74. The number of amides is 2. The van der Waals surface area contributed by atoms with Crippen LogP contribution in [-0.4, -0.2) is 67.9 Å². The molecule has 2 saturated heterocycles. The van der Waals surface area contributed by atoms with Gasteiger partial charge in [0, 0.05) is 18.8 Å². The molecule has 2 unspecified atom stereocenters. The lowest BCUT2D eigenvalue weighted by Crippen LogP contribution is -2.55. The lowest BCUT2D eigenvalue weighted by molar-refractivity contribution is -0.141. The molecule has 0 spiro atoms. The van der Waals surface area contributed by atoms with Gasteiger partial charge < -0.3 is 15.1 Å². The van der Waals surface area contributed by atoms with Crippen LogP contribution < -0.4 is 0 Å². The maximum Gasteiger partial charge on any atom is 0.327 e. The molecule has 2 amide bonds. The SMILES string of the molecule is CC1(O)CCN(C(=O)N2C(C(=O)O)CSC2C2CC2)CC1. The summed E-state index contributed by atoms with van der Waals surface area (Å²) in [5.74, 6) is 0.0209. The summed E-state index contributed by atoms with van der Waals surface area (Å²) in [5, 5.41) is 19.4. The monoisotopic (exact) mass is 314 g/mol. The van der Waals surface area contributed by atoms with Crippen molar-refractivity contribution in [3.05, 3.63) is 0 Å². The molecule has 2 N–H and O–H groups in total. The summed E-state index contributed by atoms with van der Waals surface area (Å²) in [5.41, 5.74) is -0.710. The van der Waals surface area contributed by atoms with Crippen molar-refractivity contribution in [1.82, 2.24) is 9.80 Å². The van der Waals surface area contributed by atoms with Crippen molar-refractivity contribution < 1.29 is 19.8 Å². The molecule has 2 heterocycles. The van der Waals surface area contributed by atoms with Crippen LogP contribution in [0.2, 0.25) is 0 Å². The number of carboxylic acids is 1. The van der Waals surface area contributed by atoms with E-state index in [9.17, 15) is 19.8 Å². The maximum atomic E-state index is 12.8. The van der Waals surface area contributed by atoms with Crippen LogP contribution in [0.15, 0.2) is 0 Å². The van der Waals surface area contributed by atoms with Gasteiger partial charge in [0.15, 0.2) is 0 Å². The minimum Gasteiger partial charge on any atom is -0.480 e. The predicted octanol–water partition coefficient (Wildman–Crippen LogP) is 1.19. The van der Waals surface area contributed by atoms with Crippen LogP contribution >= 0.6 is 11.8 Å². The zero-order valence-corrected chi connectivity index (χ0v) is 13.0. The maximum absolute atomic E-state index is 12.8. The fourth-order valence-corrected chi connectivity index (χ4v) is 4.67. The molecule has 21 heavy (non-hydrogen) atoms. The molecule has 3 fully saturated rings. The van der Waals surface area contributed by atoms with E-state index in [1.54, 1.807) is 28.5 Å². The van der Waals surface area contributed by atoms with Gasteiger partial charge in [-0.2, -0.15) is 0 Å². The van der Waals surface area contributed by atoms with Gasteiger partial charge in [0.1, 0.15) is 6.04 Å². The Morgan fingerprint density at radius 1 is 1.24 bits per heavy atom. The van der Waals surface area contributed by atoms with Crippen molar-refractivity contribution in [3.8, 4) is 0 Å². The van der Waals surface area contributed by atoms with Gasteiger partial charge in [0.05, 0.1) is 11.0 Å². The fraction of sp³-hybridized carbons (Fsp3) is 0.857. The Morgan fingerprint density at radius 2 is 1.86 bits per heavy atom. The summed E-state index contributed by atoms with van der Waals surface area (Å²) in [6.45, 7) is 2.78. The molecule has 0 aromatic carbocycles. The highest BCUT2D eigenvalue weighted by molar-refractivity contribution is 8.00. The van der Waals surface area contributed by atoms with Crippen molar-refractivity contribution >= 4 is 23.8 Å². The summed E-state index contributed by atoms with van der Waals surface area (Å²) in [4.78, 5) is 27.5. The average molecular weight is 314 g/mol. The zero-order valence-electron chi connectivity index (χ0n) is 12.2. The molecule has 6 nitrogen and oxygen atoms in total. The second-order valence-electron chi connectivity index (χ2n) is 6.59. The van der Waals surface area contributed by atoms with Crippen LogP contribution in [0, 0.1) is 5.92 Å². The van der Waals surface area contributed by atoms with E-state index in [0.717, 1.165) is 12.8 Å². The van der Waals surface area contributed by atoms with Gasteiger partial charge in [-0.05, 0) is 38.5 Å². The second kappa shape index (κ2) is 5.35. The quantitative estimate of drug-likeness (QED) is 0.800. The summed E-state index contributed by atoms with van der Waals surface area (Å²) >= 11 is 1.60. The molecule has 2 aliphatic heterocycles. The van der Waals surface area contributed by atoms with E-state index in [1.807, 2.05) is 0 Å². The summed E-state index contributed by atoms with van der Waals surface area (Å²) in [6.07, 6.45) is 3.27. The Balaban J connectivity index is 1.72. The number of piperidine rings is 1. The number of carboxylic acid groups (broad SMARTS) is 1. The molecule has 0 radical (unpaired) electrons. The molecule has 0 aromatic heterocycles. The number of hydrogen-bond donors (Lipinski definition) is 2. The minimum atomic E-state index is -0.914. The highest BCUT2D eigenvalue weighted by Gasteiger charge is 2.49. The normalized spacial score (nSPS) is 32.3. The van der Waals surface area contributed by atoms with Gasteiger partial charge in [0.25, 0.3) is 0 Å².